The van der Waals surface area contributed by atoms with Gasteiger partial charge in [-0.3, -0.25) is 0 Å². The average molecular weight is 284 g/mol. The molecule has 110 valence electrons. The lowest BCUT2D eigenvalue weighted by Gasteiger charge is -2.29. The molecule has 1 saturated carbocycles. The standard InChI is InChI=1S/C18H20O3/c19-16-8-5-13(6-9-16)12-1-3-14(4-2-12)15-7-10-17(20)18(21)11-15/h5-12,14,19-21H,1-4H2. The lowest BCUT2D eigenvalue weighted by Crippen LogP contribution is -2.12. The van der Waals surface area contributed by atoms with Gasteiger partial charge in [0, 0.05) is 0 Å². The van der Waals surface area contributed by atoms with Crippen molar-refractivity contribution in [1.82, 2.24) is 0 Å². The van der Waals surface area contributed by atoms with E-state index < -0.39 is 0 Å². The topological polar surface area (TPSA) is 60.7 Å². The first-order valence-electron chi connectivity index (χ1n) is 7.44. The molecule has 3 heteroatoms. The number of hydrogen-bond acceptors (Lipinski definition) is 3. The van der Waals surface area contributed by atoms with E-state index in [4.69, 9.17) is 0 Å². The predicted octanol–water partition coefficient (Wildman–Crippen LogP) is 4.24. The number of rotatable bonds is 2. The average Bonchev–Trinajstić information content (AvgIpc) is 2.51. The number of phenols is 3. The minimum Gasteiger partial charge on any atom is -0.508 e. The smallest absolute Gasteiger partial charge is 0.157 e. The normalized spacial score (nSPS) is 22.1. The van der Waals surface area contributed by atoms with Gasteiger partial charge in [0.15, 0.2) is 11.5 Å². The van der Waals surface area contributed by atoms with Crippen LogP contribution in [0.2, 0.25) is 0 Å². The van der Waals surface area contributed by atoms with Crippen LogP contribution < -0.4 is 0 Å². The van der Waals surface area contributed by atoms with E-state index >= 15 is 0 Å². The van der Waals surface area contributed by atoms with Crippen LogP contribution in [0.15, 0.2) is 42.5 Å². The molecule has 0 aromatic heterocycles. The molecule has 0 bridgehead atoms. The van der Waals surface area contributed by atoms with E-state index in [1.807, 2.05) is 18.2 Å². The lowest BCUT2D eigenvalue weighted by atomic mass is 9.76. The molecule has 0 unspecified atom stereocenters. The van der Waals surface area contributed by atoms with Crippen LogP contribution in [0, 0.1) is 0 Å². The van der Waals surface area contributed by atoms with Crippen LogP contribution in [0.1, 0.15) is 48.6 Å². The van der Waals surface area contributed by atoms with Gasteiger partial charge < -0.3 is 15.3 Å². The van der Waals surface area contributed by atoms with Crippen molar-refractivity contribution in [3.8, 4) is 17.2 Å². The molecule has 2 aromatic rings. The van der Waals surface area contributed by atoms with Crippen LogP contribution in [-0.4, -0.2) is 15.3 Å². The van der Waals surface area contributed by atoms with Crippen molar-refractivity contribution in [2.45, 2.75) is 37.5 Å². The van der Waals surface area contributed by atoms with Crippen LogP contribution >= 0.6 is 0 Å². The highest BCUT2D eigenvalue weighted by molar-refractivity contribution is 5.42. The van der Waals surface area contributed by atoms with Gasteiger partial charge in [0.1, 0.15) is 5.75 Å². The molecule has 0 radical (unpaired) electrons. The molecule has 3 N–H and O–H groups in total. The second kappa shape index (κ2) is 5.68. The summed E-state index contributed by atoms with van der Waals surface area (Å²) in [6.45, 7) is 0. The van der Waals surface area contributed by atoms with Crippen LogP contribution in [0.25, 0.3) is 0 Å². The molecule has 0 atom stereocenters. The molecule has 1 aliphatic carbocycles. The second-order valence-corrected chi connectivity index (χ2v) is 5.89. The molecule has 0 saturated heterocycles. The van der Waals surface area contributed by atoms with Gasteiger partial charge in [-0.2, -0.15) is 0 Å². The Bertz CT molecular complexity index is 611. The van der Waals surface area contributed by atoms with Crippen LogP contribution in [0.3, 0.4) is 0 Å². The van der Waals surface area contributed by atoms with Crippen LogP contribution in [-0.2, 0) is 0 Å². The summed E-state index contributed by atoms with van der Waals surface area (Å²) < 4.78 is 0. The molecule has 3 rings (SSSR count). The summed E-state index contributed by atoms with van der Waals surface area (Å²) in [6, 6.07) is 12.7. The van der Waals surface area contributed by atoms with Crippen molar-refractivity contribution in [3.63, 3.8) is 0 Å². The van der Waals surface area contributed by atoms with Crippen molar-refractivity contribution >= 4 is 0 Å². The van der Waals surface area contributed by atoms with Crippen molar-refractivity contribution in [1.29, 1.82) is 0 Å². The highest BCUT2D eigenvalue weighted by Gasteiger charge is 2.23. The maximum absolute atomic E-state index is 9.61. The highest BCUT2D eigenvalue weighted by atomic mass is 16.3. The first kappa shape index (κ1) is 13.8. The van der Waals surface area contributed by atoms with Crippen molar-refractivity contribution in [2.24, 2.45) is 0 Å². The van der Waals surface area contributed by atoms with Crippen molar-refractivity contribution in [2.75, 3.05) is 0 Å². The number of phenolic OH excluding ortho intramolecular Hbond substituents is 3. The van der Waals surface area contributed by atoms with Gasteiger partial charge in [0.05, 0.1) is 0 Å². The monoisotopic (exact) mass is 284 g/mol. The third kappa shape index (κ3) is 2.97. The Morgan fingerprint density at radius 2 is 1.14 bits per heavy atom. The molecule has 0 amide bonds. The fourth-order valence-electron chi connectivity index (χ4n) is 3.30. The summed E-state index contributed by atoms with van der Waals surface area (Å²) in [5.74, 6) is 1.22. The second-order valence-electron chi connectivity index (χ2n) is 5.89. The zero-order valence-electron chi connectivity index (χ0n) is 11.9. The van der Waals surface area contributed by atoms with E-state index in [0.717, 1.165) is 31.2 Å². The molecule has 3 nitrogen and oxygen atoms in total. The summed E-state index contributed by atoms with van der Waals surface area (Å²) in [5, 5.41) is 28.3. The Morgan fingerprint density at radius 3 is 1.71 bits per heavy atom. The zero-order valence-corrected chi connectivity index (χ0v) is 11.9. The van der Waals surface area contributed by atoms with Crippen molar-refractivity contribution < 1.29 is 15.3 Å². The van der Waals surface area contributed by atoms with Crippen molar-refractivity contribution in [3.05, 3.63) is 53.6 Å². The fourth-order valence-corrected chi connectivity index (χ4v) is 3.30. The van der Waals surface area contributed by atoms with Gasteiger partial charge in [0.25, 0.3) is 0 Å². The summed E-state index contributed by atoms with van der Waals surface area (Å²) in [7, 11) is 0. The van der Waals surface area contributed by atoms with E-state index in [-0.39, 0.29) is 11.5 Å². The van der Waals surface area contributed by atoms with Gasteiger partial charge in [-0.15, -0.1) is 0 Å². The lowest BCUT2D eigenvalue weighted by molar-refractivity contribution is 0.386. The Kier molecular flexibility index (Phi) is 3.74. The van der Waals surface area contributed by atoms with Crippen LogP contribution in [0.4, 0.5) is 0 Å². The molecular weight excluding hydrogens is 264 g/mol. The number of benzene rings is 2. The molecule has 0 aliphatic heterocycles. The minimum absolute atomic E-state index is 0.0341. The van der Waals surface area contributed by atoms with E-state index in [1.54, 1.807) is 24.3 Å². The Balaban J connectivity index is 1.67. The number of aromatic hydroxyl groups is 3. The predicted molar refractivity (Wildman–Crippen MR) is 81.8 cm³/mol. The quantitative estimate of drug-likeness (QED) is 0.723. The van der Waals surface area contributed by atoms with Crippen LogP contribution in [0.5, 0.6) is 17.2 Å². The Labute approximate surface area is 124 Å². The summed E-state index contributed by atoms with van der Waals surface area (Å²) in [5.41, 5.74) is 2.40. The van der Waals surface area contributed by atoms with E-state index in [0.29, 0.717) is 17.6 Å². The molecule has 1 aliphatic rings. The van der Waals surface area contributed by atoms with E-state index in [2.05, 4.69) is 0 Å². The van der Waals surface area contributed by atoms with Gasteiger partial charge in [-0.1, -0.05) is 18.2 Å². The number of hydrogen-bond donors (Lipinski definition) is 3. The highest BCUT2D eigenvalue weighted by Crippen LogP contribution is 2.42. The van der Waals surface area contributed by atoms with E-state index in [9.17, 15) is 15.3 Å². The Morgan fingerprint density at radius 1 is 0.619 bits per heavy atom. The fraction of sp³-hybridized carbons (Fsp3) is 0.333. The SMILES string of the molecule is Oc1ccc(C2CCC(c3ccc(O)c(O)c3)CC2)cc1. The zero-order chi connectivity index (χ0) is 14.8. The van der Waals surface area contributed by atoms with Gasteiger partial charge in [-0.05, 0) is 72.9 Å². The molecule has 21 heavy (non-hydrogen) atoms. The van der Waals surface area contributed by atoms with Gasteiger partial charge >= 0.3 is 0 Å². The molecule has 0 heterocycles. The molecule has 2 aromatic carbocycles. The maximum Gasteiger partial charge on any atom is 0.157 e. The molecule has 1 fully saturated rings. The van der Waals surface area contributed by atoms with E-state index in [1.165, 1.54) is 5.56 Å². The van der Waals surface area contributed by atoms with Gasteiger partial charge in [0.2, 0.25) is 0 Å². The molecule has 0 spiro atoms. The summed E-state index contributed by atoms with van der Waals surface area (Å²) in [6.07, 6.45) is 4.37. The first-order chi connectivity index (χ1) is 10.1. The first-order valence-corrected chi connectivity index (χ1v) is 7.44. The third-order valence-corrected chi connectivity index (χ3v) is 4.56. The Hall–Kier alpha value is -2.16. The molecular formula is C18H20O3. The summed E-state index contributed by atoms with van der Waals surface area (Å²) in [4.78, 5) is 0. The maximum atomic E-state index is 9.61. The van der Waals surface area contributed by atoms with Gasteiger partial charge in [-0.25, -0.2) is 0 Å². The largest absolute Gasteiger partial charge is 0.508 e. The summed E-state index contributed by atoms with van der Waals surface area (Å²) >= 11 is 0. The minimum atomic E-state index is -0.0588. The third-order valence-electron chi connectivity index (χ3n) is 4.56.